The van der Waals surface area contributed by atoms with Crippen LogP contribution in [-0.2, 0) is 0 Å². The third kappa shape index (κ3) is 0.764. The van der Waals surface area contributed by atoms with Gasteiger partial charge < -0.3 is 5.73 Å². The van der Waals surface area contributed by atoms with Crippen molar-refractivity contribution in [3.05, 3.63) is 0 Å². The first-order chi connectivity index (χ1) is 4.46. The van der Waals surface area contributed by atoms with Crippen molar-refractivity contribution < 1.29 is 8.78 Å². The second-order valence-corrected chi connectivity index (χ2v) is 3.40. The third-order valence-electron chi connectivity index (χ3n) is 2.61. The summed E-state index contributed by atoms with van der Waals surface area (Å²) in [5.74, 6) is -2.50. The molecule has 60 valence electrons. The summed E-state index contributed by atoms with van der Waals surface area (Å²) in [5, 5.41) is 0. The molecule has 0 aromatic carbocycles. The smallest absolute Gasteiger partial charge is 0.256 e. The molecule has 1 nitrogen and oxygen atoms in total. The fraction of sp³-hybridized carbons (Fsp3) is 1.00. The minimum absolute atomic E-state index is 0.00694. The van der Waals surface area contributed by atoms with Crippen LogP contribution in [0.3, 0.4) is 0 Å². The predicted molar refractivity (Wildman–Crippen MR) is 35.9 cm³/mol. The van der Waals surface area contributed by atoms with E-state index in [4.69, 9.17) is 5.73 Å². The highest BCUT2D eigenvalue weighted by molar-refractivity contribution is 5.12. The monoisotopic (exact) mass is 149 g/mol. The van der Waals surface area contributed by atoms with Crippen molar-refractivity contribution in [1.82, 2.24) is 0 Å². The molecule has 1 fully saturated rings. The summed E-state index contributed by atoms with van der Waals surface area (Å²) in [6.45, 7) is 3.71. The molecule has 2 N–H and O–H groups in total. The molecule has 10 heavy (non-hydrogen) atoms. The molecule has 0 heterocycles. The molecule has 0 saturated heterocycles. The average molecular weight is 149 g/mol. The molecule has 0 bridgehead atoms. The minimum atomic E-state index is -2.49. The highest BCUT2D eigenvalue weighted by Crippen LogP contribution is 2.63. The van der Waals surface area contributed by atoms with Crippen molar-refractivity contribution >= 4 is 0 Å². The first kappa shape index (κ1) is 7.92. The maximum absolute atomic E-state index is 12.6. The normalized spacial score (nSPS) is 36.6. The summed E-state index contributed by atoms with van der Waals surface area (Å²) in [5.41, 5.74) is 4.40. The van der Waals surface area contributed by atoms with Crippen LogP contribution in [0, 0.1) is 11.3 Å². The lowest BCUT2D eigenvalue weighted by Gasteiger charge is -2.17. The number of rotatable bonds is 2. The van der Waals surface area contributed by atoms with Gasteiger partial charge in [0.25, 0.3) is 5.92 Å². The second-order valence-electron chi connectivity index (χ2n) is 3.40. The summed E-state index contributed by atoms with van der Waals surface area (Å²) in [7, 11) is 0. The van der Waals surface area contributed by atoms with Crippen LogP contribution >= 0.6 is 0 Å². The maximum Gasteiger partial charge on any atom is 0.256 e. The van der Waals surface area contributed by atoms with Crippen LogP contribution in [0.2, 0.25) is 0 Å². The Balaban J connectivity index is 2.68. The Morgan fingerprint density at radius 1 is 1.50 bits per heavy atom. The van der Waals surface area contributed by atoms with E-state index in [1.165, 1.54) is 0 Å². The van der Waals surface area contributed by atoms with Gasteiger partial charge in [0.05, 0.1) is 5.41 Å². The Bertz CT molecular complexity index is 145. The van der Waals surface area contributed by atoms with Gasteiger partial charge in [-0.25, -0.2) is 8.78 Å². The largest absolute Gasteiger partial charge is 0.330 e. The van der Waals surface area contributed by atoms with E-state index in [0.717, 1.165) is 0 Å². The predicted octanol–water partition coefficient (Wildman–Crippen LogP) is 1.63. The minimum Gasteiger partial charge on any atom is -0.330 e. The van der Waals surface area contributed by atoms with Crippen LogP contribution < -0.4 is 5.73 Å². The Hall–Kier alpha value is -0.180. The van der Waals surface area contributed by atoms with Crippen LogP contribution in [0.15, 0.2) is 0 Å². The molecule has 3 heteroatoms. The van der Waals surface area contributed by atoms with E-state index in [0.29, 0.717) is 0 Å². The van der Waals surface area contributed by atoms with E-state index in [9.17, 15) is 8.78 Å². The number of alkyl halides is 2. The fourth-order valence-corrected chi connectivity index (χ4v) is 1.44. The Morgan fingerprint density at radius 2 is 1.90 bits per heavy atom. The van der Waals surface area contributed by atoms with E-state index >= 15 is 0 Å². The van der Waals surface area contributed by atoms with Gasteiger partial charge in [-0.15, -0.1) is 0 Å². The van der Waals surface area contributed by atoms with Crippen molar-refractivity contribution in [3.8, 4) is 0 Å². The van der Waals surface area contributed by atoms with Crippen molar-refractivity contribution in [3.63, 3.8) is 0 Å². The summed E-state index contributed by atoms with van der Waals surface area (Å²) < 4.78 is 25.2. The highest BCUT2D eigenvalue weighted by Gasteiger charge is 2.71. The average Bonchev–Trinajstić information content (AvgIpc) is 2.35. The van der Waals surface area contributed by atoms with E-state index in [1.54, 1.807) is 13.8 Å². The molecule has 1 atom stereocenters. The van der Waals surface area contributed by atoms with Gasteiger partial charge in [-0.1, -0.05) is 13.8 Å². The SMILES string of the molecule is CC(C)C1(CN)CC1(F)F. The molecule has 0 spiro atoms. The Labute approximate surface area is 59.6 Å². The molecule has 0 amide bonds. The van der Waals surface area contributed by atoms with Crippen LogP contribution in [0.25, 0.3) is 0 Å². The quantitative estimate of drug-likeness (QED) is 0.634. The van der Waals surface area contributed by atoms with E-state index in [-0.39, 0.29) is 18.9 Å². The number of halogens is 2. The van der Waals surface area contributed by atoms with Crippen molar-refractivity contribution in [2.75, 3.05) is 6.54 Å². The molecule has 1 aliphatic rings. The number of nitrogens with two attached hydrogens (primary N) is 1. The molecular weight excluding hydrogens is 136 g/mol. The second kappa shape index (κ2) is 1.91. The van der Waals surface area contributed by atoms with Gasteiger partial charge in [-0.3, -0.25) is 0 Å². The standard InChI is InChI=1S/C7H13F2N/c1-5(2)6(4-10)3-7(6,8)9/h5H,3-4,10H2,1-2H3. The van der Waals surface area contributed by atoms with Gasteiger partial charge in [0.2, 0.25) is 0 Å². The maximum atomic E-state index is 12.6. The zero-order valence-electron chi connectivity index (χ0n) is 6.32. The van der Waals surface area contributed by atoms with Gasteiger partial charge in [0, 0.05) is 13.0 Å². The fourth-order valence-electron chi connectivity index (χ4n) is 1.44. The lowest BCUT2D eigenvalue weighted by Crippen LogP contribution is -2.27. The van der Waals surface area contributed by atoms with Crippen LogP contribution in [0.1, 0.15) is 20.3 Å². The molecule has 0 aromatic rings. The van der Waals surface area contributed by atoms with Crippen molar-refractivity contribution in [2.45, 2.75) is 26.2 Å². The summed E-state index contributed by atoms with van der Waals surface area (Å²) in [4.78, 5) is 0. The first-order valence-corrected chi connectivity index (χ1v) is 3.54. The lowest BCUT2D eigenvalue weighted by molar-refractivity contribution is 0.0487. The number of hydrogen-bond acceptors (Lipinski definition) is 1. The number of hydrogen-bond donors (Lipinski definition) is 1. The van der Waals surface area contributed by atoms with Gasteiger partial charge in [-0.2, -0.15) is 0 Å². The highest BCUT2D eigenvalue weighted by atomic mass is 19.3. The molecule has 0 aliphatic heterocycles. The summed E-state index contributed by atoms with van der Waals surface area (Å²) >= 11 is 0. The molecular formula is C7H13F2N. The summed E-state index contributed by atoms with van der Waals surface area (Å²) in [6.07, 6.45) is -0.0197. The molecule has 1 rings (SSSR count). The van der Waals surface area contributed by atoms with E-state index in [2.05, 4.69) is 0 Å². The van der Waals surface area contributed by atoms with Crippen molar-refractivity contribution in [2.24, 2.45) is 17.1 Å². The van der Waals surface area contributed by atoms with E-state index < -0.39 is 11.3 Å². The van der Waals surface area contributed by atoms with Crippen LogP contribution in [0.4, 0.5) is 8.78 Å². The van der Waals surface area contributed by atoms with Gasteiger partial charge in [0.15, 0.2) is 0 Å². The Morgan fingerprint density at radius 3 is 1.90 bits per heavy atom. The zero-order chi connectivity index (χ0) is 7.99. The molecule has 0 radical (unpaired) electrons. The molecule has 1 unspecified atom stereocenters. The first-order valence-electron chi connectivity index (χ1n) is 3.54. The Kier molecular flexibility index (Phi) is 1.51. The van der Waals surface area contributed by atoms with Crippen LogP contribution in [0.5, 0.6) is 0 Å². The molecule has 1 saturated carbocycles. The van der Waals surface area contributed by atoms with Gasteiger partial charge in [0.1, 0.15) is 0 Å². The molecule has 0 aromatic heterocycles. The zero-order valence-corrected chi connectivity index (χ0v) is 6.32. The molecule has 1 aliphatic carbocycles. The third-order valence-corrected chi connectivity index (χ3v) is 2.61. The van der Waals surface area contributed by atoms with Gasteiger partial charge in [-0.05, 0) is 5.92 Å². The summed E-state index contributed by atoms with van der Waals surface area (Å²) in [6, 6.07) is 0. The van der Waals surface area contributed by atoms with Crippen LogP contribution in [-0.4, -0.2) is 12.5 Å². The topological polar surface area (TPSA) is 26.0 Å². The van der Waals surface area contributed by atoms with E-state index in [1.807, 2.05) is 0 Å². The lowest BCUT2D eigenvalue weighted by atomic mass is 9.92. The van der Waals surface area contributed by atoms with Gasteiger partial charge >= 0.3 is 0 Å². The van der Waals surface area contributed by atoms with Crippen molar-refractivity contribution in [1.29, 1.82) is 0 Å².